The molecule has 1 aromatic rings. The van der Waals surface area contributed by atoms with Gasteiger partial charge in [0.05, 0.1) is 5.60 Å². The van der Waals surface area contributed by atoms with Crippen molar-refractivity contribution in [2.24, 2.45) is 0 Å². The minimum absolute atomic E-state index is 0.252. The van der Waals surface area contributed by atoms with Crippen LogP contribution in [0.4, 0.5) is 8.78 Å². The Hall–Kier alpha value is -1.04. The van der Waals surface area contributed by atoms with Crippen LogP contribution in [-0.4, -0.2) is 31.0 Å². The molecule has 0 aliphatic carbocycles. The van der Waals surface area contributed by atoms with E-state index < -0.39 is 17.2 Å². The summed E-state index contributed by atoms with van der Waals surface area (Å²) in [7, 11) is 1.56. The van der Waals surface area contributed by atoms with Crippen LogP contribution in [-0.2, 0) is 4.74 Å². The van der Waals surface area contributed by atoms with Crippen molar-refractivity contribution in [1.29, 1.82) is 0 Å². The Morgan fingerprint density at radius 2 is 2.11 bits per heavy atom. The molecule has 0 fully saturated rings. The van der Waals surface area contributed by atoms with E-state index in [2.05, 4.69) is 5.32 Å². The predicted octanol–water partition coefficient (Wildman–Crippen LogP) is 2.40. The molecule has 5 heteroatoms. The number of ether oxygens (including phenoxy) is 1. The van der Waals surface area contributed by atoms with Crippen LogP contribution < -0.4 is 5.32 Å². The molecular formula is C14H21F2NO2. The summed E-state index contributed by atoms with van der Waals surface area (Å²) < 4.78 is 31.6. The molecule has 3 nitrogen and oxygen atoms in total. The van der Waals surface area contributed by atoms with Crippen LogP contribution in [0.3, 0.4) is 0 Å². The molecular weight excluding hydrogens is 252 g/mol. The number of methoxy groups -OCH3 is 1. The van der Waals surface area contributed by atoms with Crippen molar-refractivity contribution in [3.05, 3.63) is 35.4 Å². The molecule has 108 valence electrons. The number of aliphatic hydroxyl groups is 1. The Kier molecular flexibility index (Phi) is 5.85. The van der Waals surface area contributed by atoms with Gasteiger partial charge in [-0.15, -0.1) is 0 Å². The van der Waals surface area contributed by atoms with Gasteiger partial charge in [-0.1, -0.05) is 12.1 Å². The van der Waals surface area contributed by atoms with Gasteiger partial charge in [0.25, 0.3) is 0 Å². The van der Waals surface area contributed by atoms with Gasteiger partial charge in [0.15, 0.2) is 11.6 Å². The minimum atomic E-state index is -0.950. The molecule has 1 aromatic carbocycles. The van der Waals surface area contributed by atoms with Crippen molar-refractivity contribution in [3.8, 4) is 0 Å². The third-order valence-electron chi connectivity index (χ3n) is 3.08. The van der Waals surface area contributed by atoms with Crippen molar-refractivity contribution in [2.45, 2.75) is 31.9 Å². The Bertz CT molecular complexity index is 410. The highest BCUT2D eigenvalue weighted by atomic mass is 19.2. The van der Waals surface area contributed by atoms with Gasteiger partial charge < -0.3 is 15.2 Å². The number of hydrogen-bond acceptors (Lipinski definition) is 3. The molecule has 0 aromatic heterocycles. The highest BCUT2D eigenvalue weighted by Crippen LogP contribution is 2.19. The van der Waals surface area contributed by atoms with Crippen molar-refractivity contribution in [3.63, 3.8) is 0 Å². The van der Waals surface area contributed by atoms with Crippen LogP contribution in [0.25, 0.3) is 0 Å². The number of benzene rings is 1. The van der Waals surface area contributed by atoms with E-state index in [4.69, 9.17) is 4.74 Å². The van der Waals surface area contributed by atoms with Crippen molar-refractivity contribution < 1.29 is 18.6 Å². The lowest BCUT2D eigenvalue weighted by Gasteiger charge is -2.26. The molecule has 0 bridgehead atoms. The first-order chi connectivity index (χ1) is 8.87. The first-order valence-corrected chi connectivity index (χ1v) is 6.26. The fraction of sp³-hybridized carbons (Fsp3) is 0.571. The van der Waals surface area contributed by atoms with Gasteiger partial charge in [-0.2, -0.15) is 0 Å². The molecule has 19 heavy (non-hydrogen) atoms. The maximum absolute atomic E-state index is 13.6. The topological polar surface area (TPSA) is 41.5 Å². The molecule has 0 radical (unpaired) electrons. The first kappa shape index (κ1) is 16.0. The van der Waals surface area contributed by atoms with Gasteiger partial charge in [0, 0.05) is 38.3 Å². The van der Waals surface area contributed by atoms with Gasteiger partial charge in [-0.05, 0) is 19.9 Å². The summed E-state index contributed by atoms with van der Waals surface area (Å²) in [6, 6.07) is 3.69. The van der Waals surface area contributed by atoms with Gasteiger partial charge in [0.1, 0.15) is 0 Å². The average Bonchev–Trinajstić information content (AvgIpc) is 2.37. The lowest BCUT2D eigenvalue weighted by Crippen LogP contribution is -2.39. The second-order valence-corrected chi connectivity index (χ2v) is 4.99. The minimum Gasteiger partial charge on any atom is -0.389 e. The zero-order valence-electron chi connectivity index (χ0n) is 11.5. The summed E-state index contributed by atoms with van der Waals surface area (Å²) in [5, 5.41) is 13.1. The van der Waals surface area contributed by atoms with E-state index in [1.807, 2.05) is 0 Å². The van der Waals surface area contributed by atoms with E-state index in [-0.39, 0.29) is 18.2 Å². The maximum atomic E-state index is 13.6. The van der Waals surface area contributed by atoms with Crippen LogP contribution in [0, 0.1) is 11.6 Å². The van der Waals surface area contributed by atoms with Gasteiger partial charge in [0.2, 0.25) is 0 Å². The summed E-state index contributed by atoms with van der Waals surface area (Å²) in [5.74, 6) is -1.71. The molecule has 0 amide bonds. The lowest BCUT2D eigenvalue weighted by molar-refractivity contribution is 0.0230. The van der Waals surface area contributed by atoms with Crippen LogP contribution >= 0.6 is 0 Å². The molecule has 0 saturated heterocycles. The molecule has 0 saturated carbocycles. The van der Waals surface area contributed by atoms with Crippen LogP contribution in [0.15, 0.2) is 18.2 Å². The Morgan fingerprint density at radius 1 is 1.42 bits per heavy atom. The third-order valence-corrected chi connectivity index (χ3v) is 3.08. The fourth-order valence-electron chi connectivity index (χ4n) is 1.75. The standard InChI is InChI=1S/C14H21F2NO2/c1-10(11-5-4-6-12(15)13(11)16)17-9-14(2,18)7-8-19-3/h4-6,10,17-18H,7-9H2,1-3H3. The Morgan fingerprint density at radius 3 is 2.74 bits per heavy atom. The van der Waals surface area contributed by atoms with E-state index in [1.54, 1.807) is 21.0 Å². The van der Waals surface area contributed by atoms with Crippen LogP contribution in [0.1, 0.15) is 31.9 Å². The zero-order chi connectivity index (χ0) is 14.5. The largest absolute Gasteiger partial charge is 0.389 e. The SMILES string of the molecule is COCCC(C)(O)CNC(C)c1cccc(F)c1F. The molecule has 2 unspecified atom stereocenters. The van der Waals surface area contributed by atoms with E-state index >= 15 is 0 Å². The molecule has 0 spiro atoms. The summed E-state index contributed by atoms with van der Waals surface area (Å²) in [6.45, 7) is 4.11. The predicted molar refractivity (Wildman–Crippen MR) is 69.9 cm³/mol. The molecule has 0 heterocycles. The van der Waals surface area contributed by atoms with E-state index in [0.29, 0.717) is 13.0 Å². The second kappa shape index (κ2) is 6.93. The van der Waals surface area contributed by atoms with Gasteiger partial charge in [-0.3, -0.25) is 0 Å². The van der Waals surface area contributed by atoms with E-state index in [9.17, 15) is 13.9 Å². The number of nitrogens with one attached hydrogen (secondary N) is 1. The third kappa shape index (κ3) is 4.86. The Labute approximate surface area is 112 Å². The van der Waals surface area contributed by atoms with Crippen LogP contribution in [0.5, 0.6) is 0 Å². The van der Waals surface area contributed by atoms with Crippen molar-refractivity contribution >= 4 is 0 Å². The monoisotopic (exact) mass is 273 g/mol. The average molecular weight is 273 g/mol. The number of rotatable bonds is 7. The first-order valence-electron chi connectivity index (χ1n) is 6.26. The maximum Gasteiger partial charge on any atom is 0.163 e. The summed E-state index contributed by atoms with van der Waals surface area (Å²) in [4.78, 5) is 0. The second-order valence-electron chi connectivity index (χ2n) is 4.99. The lowest BCUT2D eigenvalue weighted by atomic mass is 10.0. The molecule has 2 N–H and O–H groups in total. The normalized spacial score (nSPS) is 16.1. The summed E-state index contributed by atoms with van der Waals surface area (Å²) in [5.41, 5.74) is -0.698. The van der Waals surface area contributed by atoms with Crippen LogP contribution in [0.2, 0.25) is 0 Å². The Balaban J connectivity index is 2.60. The quantitative estimate of drug-likeness (QED) is 0.801. The van der Waals surface area contributed by atoms with E-state index in [1.165, 1.54) is 12.1 Å². The summed E-state index contributed by atoms with van der Waals surface area (Å²) >= 11 is 0. The highest BCUT2D eigenvalue weighted by Gasteiger charge is 2.22. The van der Waals surface area contributed by atoms with Gasteiger partial charge >= 0.3 is 0 Å². The molecule has 0 aliphatic heterocycles. The fourth-order valence-corrected chi connectivity index (χ4v) is 1.75. The molecule has 2 atom stereocenters. The molecule has 0 aliphatic rings. The highest BCUT2D eigenvalue weighted by molar-refractivity contribution is 5.22. The molecule has 1 rings (SSSR count). The smallest absolute Gasteiger partial charge is 0.163 e. The van der Waals surface area contributed by atoms with Crippen molar-refractivity contribution in [1.82, 2.24) is 5.32 Å². The van der Waals surface area contributed by atoms with Gasteiger partial charge in [-0.25, -0.2) is 8.78 Å². The van der Waals surface area contributed by atoms with E-state index in [0.717, 1.165) is 6.07 Å². The summed E-state index contributed by atoms with van der Waals surface area (Å²) in [6.07, 6.45) is 0.467. The number of halogens is 2. The van der Waals surface area contributed by atoms with Crippen molar-refractivity contribution in [2.75, 3.05) is 20.3 Å². The number of hydrogen-bond donors (Lipinski definition) is 2. The zero-order valence-corrected chi connectivity index (χ0v) is 11.5.